The average Bonchev–Trinajstić information content (AvgIpc) is 3.22. The molecule has 0 aliphatic carbocycles. The zero-order chi connectivity index (χ0) is 21.1. The quantitative estimate of drug-likeness (QED) is 0.492. The summed E-state index contributed by atoms with van der Waals surface area (Å²) in [5, 5.41) is 7.66. The van der Waals surface area contributed by atoms with Crippen molar-refractivity contribution in [1.82, 2.24) is 15.2 Å². The van der Waals surface area contributed by atoms with E-state index in [9.17, 15) is 12.8 Å². The van der Waals surface area contributed by atoms with Gasteiger partial charge >= 0.3 is 0 Å². The van der Waals surface area contributed by atoms with E-state index in [1.165, 1.54) is 37.6 Å². The standard InChI is InChI=1S/C21H15FN4O3S/c1-29-17-3-2-4-18(12-17)30(27,28)26-21-20(22)15(9-10-23-21)7-5-14-6-8-19-16(11-14)13-24-25-19/h2-4,6,8-13H,1H3,(H,23,26)(H,24,25). The average molecular weight is 422 g/mol. The summed E-state index contributed by atoms with van der Waals surface area (Å²) < 4.78 is 47.2. The van der Waals surface area contributed by atoms with E-state index in [4.69, 9.17) is 4.74 Å². The monoisotopic (exact) mass is 422 g/mol. The largest absolute Gasteiger partial charge is 0.497 e. The van der Waals surface area contributed by atoms with Crippen LogP contribution in [0.4, 0.5) is 10.2 Å². The van der Waals surface area contributed by atoms with E-state index in [0.29, 0.717) is 11.3 Å². The number of ether oxygens (including phenoxy) is 1. The number of H-pyrrole nitrogens is 1. The van der Waals surface area contributed by atoms with Gasteiger partial charge in [-0.2, -0.15) is 5.10 Å². The molecular weight excluding hydrogens is 407 g/mol. The molecule has 4 rings (SSSR count). The molecule has 2 heterocycles. The van der Waals surface area contributed by atoms with Gasteiger partial charge in [-0.1, -0.05) is 17.9 Å². The molecular formula is C21H15FN4O3S. The van der Waals surface area contributed by atoms with Crippen LogP contribution in [0.1, 0.15) is 11.1 Å². The molecule has 0 aliphatic rings. The number of aromatic nitrogens is 3. The molecule has 2 aromatic carbocycles. The lowest BCUT2D eigenvalue weighted by molar-refractivity contribution is 0.413. The van der Waals surface area contributed by atoms with Gasteiger partial charge < -0.3 is 4.74 Å². The van der Waals surface area contributed by atoms with E-state index >= 15 is 0 Å². The number of pyridine rings is 1. The Hall–Kier alpha value is -3.90. The molecule has 0 atom stereocenters. The molecule has 0 spiro atoms. The molecule has 0 amide bonds. The summed E-state index contributed by atoms with van der Waals surface area (Å²) in [6.45, 7) is 0. The van der Waals surface area contributed by atoms with Crippen molar-refractivity contribution in [2.24, 2.45) is 0 Å². The van der Waals surface area contributed by atoms with E-state index in [1.807, 2.05) is 12.1 Å². The van der Waals surface area contributed by atoms with Crippen LogP contribution in [0, 0.1) is 17.7 Å². The van der Waals surface area contributed by atoms with E-state index < -0.39 is 21.7 Å². The van der Waals surface area contributed by atoms with E-state index in [-0.39, 0.29) is 10.5 Å². The summed E-state index contributed by atoms with van der Waals surface area (Å²) >= 11 is 0. The summed E-state index contributed by atoms with van der Waals surface area (Å²) in [6.07, 6.45) is 2.95. The number of methoxy groups -OCH3 is 1. The Bertz CT molecular complexity index is 1400. The number of aromatic amines is 1. The number of nitrogens with zero attached hydrogens (tertiary/aromatic N) is 2. The van der Waals surface area contributed by atoms with E-state index in [2.05, 4.69) is 31.7 Å². The van der Waals surface area contributed by atoms with Crippen LogP contribution in [0.2, 0.25) is 0 Å². The Morgan fingerprint density at radius 2 is 2.00 bits per heavy atom. The fourth-order valence-electron chi connectivity index (χ4n) is 2.73. The van der Waals surface area contributed by atoms with Gasteiger partial charge in [0.15, 0.2) is 11.6 Å². The maximum Gasteiger partial charge on any atom is 0.263 e. The van der Waals surface area contributed by atoms with Crippen molar-refractivity contribution < 1.29 is 17.5 Å². The van der Waals surface area contributed by atoms with Gasteiger partial charge in [-0.05, 0) is 36.4 Å². The fourth-order valence-corrected chi connectivity index (χ4v) is 3.77. The number of halogens is 1. The second-order valence-electron chi connectivity index (χ2n) is 6.23. The Balaban J connectivity index is 1.63. The van der Waals surface area contributed by atoms with Crippen molar-refractivity contribution in [3.8, 4) is 17.6 Å². The fraction of sp³-hybridized carbons (Fsp3) is 0.0476. The molecule has 4 aromatic rings. The molecule has 0 aliphatic heterocycles. The number of anilines is 1. The number of benzene rings is 2. The lowest BCUT2D eigenvalue weighted by Crippen LogP contribution is -2.15. The summed E-state index contributed by atoms with van der Waals surface area (Å²) in [5.41, 5.74) is 1.55. The van der Waals surface area contributed by atoms with Gasteiger partial charge in [-0.3, -0.25) is 9.82 Å². The van der Waals surface area contributed by atoms with Crippen molar-refractivity contribution in [3.63, 3.8) is 0 Å². The molecule has 0 unspecified atom stereocenters. The topological polar surface area (TPSA) is 97.0 Å². The summed E-state index contributed by atoms with van der Waals surface area (Å²) in [6, 6.07) is 12.6. The van der Waals surface area contributed by atoms with Gasteiger partial charge in [0, 0.05) is 23.2 Å². The molecule has 0 bridgehead atoms. The summed E-state index contributed by atoms with van der Waals surface area (Å²) in [4.78, 5) is 3.73. The molecule has 0 saturated carbocycles. The van der Waals surface area contributed by atoms with Crippen molar-refractivity contribution >= 4 is 26.7 Å². The molecule has 150 valence electrons. The SMILES string of the molecule is COc1cccc(S(=O)(=O)Nc2nccc(C#Cc3ccc4[nH]ncc4c3)c2F)c1. The van der Waals surface area contributed by atoms with Crippen LogP contribution < -0.4 is 9.46 Å². The highest BCUT2D eigenvalue weighted by atomic mass is 32.2. The predicted octanol–water partition coefficient (Wildman–Crippen LogP) is 3.31. The Morgan fingerprint density at radius 3 is 2.83 bits per heavy atom. The van der Waals surface area contributed by atoms with Crippen LogP contribution in [0.3, 0.4) is 0 Å². The van der Waals surface area contributed by atoms with Crippen molar-refractivity contribution in [2.45, 2.75) is 4.90 Å². The molecule has 2 aromatic heterocycles. The molecule has 0 saturated heterocycles. The van der Waals surface area contributed by atoms with Crippen molar-refractivity contribution in [1.29, 1.82) is 0 Å². The first-order valence-corrected chi connectivity index (χ1v) is 10.2. The van der Waals surface area contributed by atoms with Crippen LogP contribution in [0.5, 0.6) is 5.75 Å². The van der Waals surface area contributed by atoms with Gasteiger partial charge in [-0.25, -0.2) is 17.8 Å². The minimum Gasteiger partial charge on any atom is -0.497 e. The first-order chi connectivity index (χ1) is 14.5. The second-order valence-corrected chi connectivity index (χ2v) is 7.91. The normalized spacial score (nSPS) is 11.0. The summed E-state index contributed by atoms with van der Waals surface area (Å²) in [7, 11) is -2.64. The van der Waals surface area contributed by atoms with Crippen LogP contribution in [0.15, 0.2) is 65.8 Å². The number of hydrogen-bond acceptors (Lipinski definition) is 5. The molecule has 0 fully saturated rings. The van der Waals surface area contributed by atoms with Gasteiger partial charge in [0.1, 0.15) is 5.75 Å². The van der Waals surface area contributed by atoms with Crippen molar-refractivity contribution in [2.75, 3.05) is 11.8 Å². The van der Waals surface area contributed by atoms with E-state index in [0.717, 1.165) is 10.9 Å². The van der Waals surface area contributed by atoms with Crippen LogP contribution >= 0.6 is 0 Å². The minimum atomic E-state index is -4.06. The van der Waals surface area contributed by atoms with Gasteiger partial charge in [0.2, 0.25) is 0 Å². The highest BCUT2D eigenvalue weighted by Gasteiger charge is 2.19. The molecule has 0 radical (unpaired) electrons. The number of fused-ring (bicyclic) bond motifs is 1. The van der Waals surface area contributed by atoms with Crippen LogP contribution in [-0.2, 0) is 10.0 Å². The highest BCUT2D eigenvalue weighted by molar-refractivity contribution is 7.92. The Kier molecular flexibility index (Phi) is 5.08. The third-order valence-corrected chi connectivity index (χ3v) is 5.59. The number of hydrogen-bond donors (Lipinski definition) is 2. The number of rotatable bonds is 4. The van der Waals surface area contributed by atoms with Gasteiger partial charge in [0.25, 0.3) is 10.0 Å². The predicted molar refractivity (Wildman–Crippen MR) is 110 cm³/mol. The minimum absolute atomic E-state index is 0.0145. The second kappa shape index (κ2) is 7.85. The van der Waals surface area contributed by atoms with Crippen LogP contribution in [-0.4, -0.2) is 30.7 Å². The maximum atomic E-state index is 14.8. The zero-order valence-corrected chi connectivity index (χ0v) is 16.5. The third-order valence-electron chi connectivity index (χ3n) is 4.25. The summed E-state index contributed by atoms with van der Waals surface area (Å²) in [5.74, 6) is 4.65. The number of nitrogens with one attached hydrogen (secondary N) is 2. The van der Waals surface area contributed by atoms with E-state index in [1.54, 1.807) is 18.3 Å². The molecule has 30 heavy (non-hydrogen) atoms. The lowest BCUT2D eigenvalue weighted by Gasteiger charge is -2.09. The lowest BCUT2D eigenvalue weighted by atomic mass is 10.1. The highest BCUT2D eigenvalue weighted by Crippen LogP contribution is 2.22. The molecule has 2 N–H and O–H groups in total. The van der Waals surface area contributed by atoms with Crippen LogP contribution in [0.25, 0.3) is 10.9 Å². The first kappa shape index (κ1) is 19.4. The molecule has 7 nitrogen and oxygen atoms in total. The van der Waals surface area contributed by atoms with Gasteiger partial charge in [0.05, 0.1) is 29.3 Å². The number of sulfonamides is 1. The smallest absolute Gasteiger partial charge is 0.263 e. The molecule has 9 heteroatoms. The van der Waals surface area contributed by atoms with Crippen molar-refractivity contribution in [3.05, 3.63) is 77.9 Å². The maximum absolute atomic E-state index is 14.8. The zero-order valence-electron chi connectivity index (χ0n) is 15.7. The first-order valence-electron chi connectivity index (χ1n) is 8.73. The Labute approximate surface area is 172 Å². The third kappa shape index (κ3) is 3.94. The Morgan fingerprint density at radius 1 is 1.13 bits per heavy atom. The van der Waals surface area contributed by atoms with Gasteiger partial charge in [-0.15, -0.1) is 0 Å².